The molecule has 1 unspecified atom stereocenters. The van der Waals surface area contributed by atoms with Gasteiger partial charge in [0, 0.05) is 18.6 Å². The van der Waals surface area contributed by atoms with Gasteiger partial charge >= 0.3 is 0 Å². The van der Waals surface area contributed by atoms with Crippen LogP contribution < -0.4 is 5.32 Å². The maximum Gasteiger partial charge on any atom is 0.253 e. The van der Waals surface area contributed by atoms with Gasteiger partial charge in [-0.15, -0.1) is 0 Å². The van der Waals surface area contributed by atoms with Crippen molar-refractivity contribution < 1.29 is 14.6 Å². The van der Waals surface area contributed by atoms with Gasteiger partial charge in [0.25, 0.3) is 5.91 Å². The highest BCUT2D eigenvalue weighted by Crippen LogP contribution is 2.19. The van der Waals surface area contributed by atoms with Crippen molar-refractivity contribution in [2.45, 2.75) is 31.7 Å². The molecule has 1 amide bonds. The molecular weight excluding hydrogens is 266 g/mol. The van der Waals surface area contributed by atoms with Crippen LogP contribution in [0.4, 0.5) is 0 Å². The van der Waals surface area contributed by atoms with Crippen LogP contribution in [0, 0.1) is 11.8 Å². The molecule has 1 aliphatic heterocycles. The van der Waals surface area contributed by atoms with Gasteiger partial charge in [-0.2, -0.15) is 0 Å². The summed E-state index contributed by atoms with van der Waals surface area (Å²) in [4.78, 5) is 12.5. The highest BCUT2D eigenvalue weighted by Gasteiger charge is 2.30. The van der Waals surface area contributed by atoms with Crippen molar-refractivity contribution in [3.63, 3.8) is 0 Å². The Morgan fingerprint density at radius 2 is 2.29 bits per heavy atom. The van der Waals surface area contributed by atoms with Crippen LogP contribution in [-0.2, 0) is 4.74 Å². The van der Waals surface area contributed by atoms with Gasteiger partial charge in [-0.1, -0.05) is 24.0 Å². The summed E-state index contributed by atoms with van der Waals surface area (Å²) in [6, 6.07) is 7.27. The van der Waals surface area contributed by atoms with Crippen molar-refractivity contribution in [3.8, 4) is 11.8 Å². The SMILES string of the molecule is CC1(NC(=O)c2ccccc2C#CCCO)CCCOC1. The molecule has 0 radical (unpaired) electrons. The number of rotatable bonds is 3. The minimum Gasteiger partial charge on any atom is -0.395 e. The van der Waals surface area contributed by atoms with E-state index in [-0.39, 0.29) is 18.1 Å². The standard InChI is InChI=1S/C17H21NO3/c1-17(10-6-12-21-13-17)18-16(20)15-9-3-2-7-14(15)8-4-5-11-19/h2-3,7,9,19H,5-6,10-13H2,1H3,(H,18,20). The minimum atomic E-state index is -0.318. The molecule has 2 N–H and O–H groups in total. The van der Waals surface area contributed by atoms with E-state index in [1.807, 2.05) is 25.1 Å². The third kappa shape index (κ3) is 4.32. The fraction of sp³-hybridized carbons (Fsp3) is 0.471. The summed E-state index contributed by atoms with van der Waals surface area (Å²) in [5, 5.41) is 11.8. The maximum absolute atomic E-state index is 12.5. The molecule has 0 spiro atoms. The molecule has 0 aromatic heterocycles. The van der Waals surface area contributed by atoms with Gasteiger partial charge in [0.1, 0.15) is 0 Å². The lowest BCUT2D eigenvalue weighted by Gasteiger charge is -2.34. The second-order valence-corrected chi connectivity index (χ2v) is 5.49. The monoisotopic (exact) mass is 287 g/mol. The van der Waals surface area contributed by atoms with Crippen molar-refractivity contribution >= 4 is 5.91 Å². The molecule has 0 aliphatic carbocycles. The zero-order valence-electron chi connectivity index (χ0n) is 12.3. The molecule has 1 fully saturated rings. The molecule has 1 aromatic carbocycles. The lowest BCUT2D eigenvalue weighted by Crippen LogP contribution is -2.51. The Labute approximate surface area is 125 Å². The second kappa shape index (κ2) is 7.26. The number of amides is 1. The number of carbonyl (C=O) groups is 1. The number of benzene rings is 1. The number of carbonyl (C=O) groups excluding carboxylic acids is 1. The quantitative estimate of drug-likeness (QED) is 0.832. The molecule has 1 heterocycles. The average Bonchev–Trinajstić information content (AvgIpc) is 2.48. The molecule has 4 nitrogen and oxygen atoms in total. The predicted molar refractivity (Wildman–Crippen MR) is 80.9 cm³/mol. The molecule has 2 rings (SSSR count). The van der Waals surface area contributed by atoms with Crippen LogP contribution in [0.25, 0.3) is 0 Å². The molecule has 0 saturated carbocycles. The fourth-order valence-corrected chi connectivity index (χ4v) is 2.38. The van der Waals surface area contributed by atoms with E-state index in [2.05, 4.69) is 17.2 Å². The third-order valence-electron chi connectivity index (χ3n) is 3.48. The summed E-state index contributed by atoms with van der Waals surface area (Å²) in [5.74, 6) is 5.67. The number of nitrogens with one attached hydrogen (secondary N) is 1. The van der Waals surface area contributed by atoms with Crippen molar-refractivity contribution in [1.29, 1.82) is 0 Å². The number of ether oxygens (including phenoxy) is 1. The Morgan fingerprint density at radius 1 is 1.48 bits per heavy atom. The van der Waals surface area contributed by atoms with E-state index in [9.17, 15) is 4.79 Å². The van der Waals surface area contributed by atoms with Gasteiger partial charge in [0.2, 0.25) is 0 Å². The van der Waals surface area contributed by atoms with E-state index in [1.165, 1.54) is 0 Å². The molecule has 21 heavy (non-hydrogen) atoms. The average molecular weight is 287 g/mol. The summed E-state index contributed by atoms with van der Waals surface area (Å²) < 4.78 is 5.46. The smallest absolute Gasteiger partial charge is 0.253 e. The van der Waals surface area contributed by atoms with Crippen LogP contribution in [0.3, 0.4) is 0 Å². The summed E-state index contributed by atoms with van der Waals surface area (Å²) in [6.07, 6.45) is 2.27. The number of aliphatic hydroxyl groups is 1. The highest BCUT2D eigenvalue weighted by molar-refractivity contribution is 5.97. The lowest BCUT2D eigenvalue weighted by atomic mass is 9.94. The van der Waals surface area contributed by atoms with E-state index in [0.29, 0.717) is 24.2 Å². The molecule has 1 saturated heterocycles. The van der Waals surface area contributed by atoms with Crippen molar-refractivity contribution in [2.75, 3.05) is 19.8 Å². The van der Waals surface area contributed by atoms with E-state index < -0.39 is 0 Å². The van der Waals surface area contributed by atoms with Gasteiger partial charge in [-0.25, -0.2) is 0 Å². The van der Waals surface area contributed by atoms with Crippen molar-refractivity contribution in [1.82, 2.24) is 5.32 Å². The second-order valence-electron chi connectivity index (χ2n) is 5.49. The first-order valence-electron chi connectivity index (χ1n) is 7.24. The van der Waals surface area contributed by atoms with Gasteiger partial charge < -0.3 is 15.2 Å². The summed E-state index contributed by atoms with van der Waals surface area (Å²) >= 11 is 0. The Balaban J connectivity index is 2.14. The first-order chi connectivity index (χ1) is 10.1. The first-order valence-corrected chi connectivity index (χ1v) is 7.24. The van der Waals surface area contributed by atoms with E-state index in [1.54, 1.807) is 6.07 Å². The van der Waals surface area contributed by atoms with Gasteiger partial charge in [0.15, 0.2) is 0 Å². The molecule has 112 valence electrons. The van der Waals surface area contributed by atoms with E-state index >= 15 is 0 Å². The van der Waals surface area contributed by atoms with Crippen LogP contribution in [0.5, 0.6) is 0 Å². The maximum atomic E-state index is 12.5. The normalized spacial score (nSPS) is 21.2. The van der Waals surface area contributed by atoms with Crippen LogP contribution in [0.15, 0.2) is 24.3 Å². The largest absolute Gasteiger partial charge is 0.395 e. The first kappa shape index (κ1) is 15.6. The van der Waals surface area contributed by atoms with Crippen LogP contribution >= 0.6 is 0 Å². The van der Waals surface area contributed by atoms with E-state index in [0.717, 1.165) is 19.4 Å². The molecule has 1 aromatic rings. The van der Waals surface area contributed by atoms with E-state index in [4.69, 9.17) is 9.84 Å². The highest BCUT2D eigenvalue weighted by atomic mass is 16.5. The lowest BCUT2D eigenvalue weighted by molar-refractivity contribution is 0.0272. The zero-order valence-corrected chi connectivity index (χ0v) is 12.3. The number of hydrogen-bond donors (Lipinski definition) is 2. The Bertz CT molecular complexity index is 551. The van der Waals surface area contributed by atoms with Crippen molar-refractivity contribution in [2.24, 2.45) is 0 Å². The minimum absolute atomic E-state index is 0.0246. The molecule has 0 bridgehead atoms. The van der Waals surface area contributed by atoms with Gasteiger partial charge in [0.05, 0.1) is 24.3 Å². The van der Waals surface area contributed by atoms with Crippen LogP contribution in [-0.4, -0.2) is 36.4 Å². The van der Waals surface area contributed by atoms with Crippen molar-refractivity contribution in [3.05, 3.63) is 35.4 Å². The topological polar surface area (TPSA) is 58.6 Å². The predicted octanol–water partition coefficient (Wildman–Crippen LogP) is 1.72. The number of aliphatic hydroxyl groups excluding tert-OH is 1. The molecule has 1 atom stereocenters. The third-order valence-corrected chi connectivity index (χ3v) is 3.48. The summed E-state index contributed by atoms with van der Waals surface area (Å²) in [7, 11) is 0. The number of hydrogen-bond acceptors (Lipinski definition) is 3. The molecule has 4 heteroatoms. The summed E-state index contributed by atoms with van der Waals surface area (Å²) in [6.45, 7) is 3.33. The van der Waals surface area contributed by atoms with Gasteiger partial charge in [-0.05, 0) is 31.9 Å². The van der Waals surface area contributed by atoms with Gasteiger partial charge in [-0.3, -0.25) is 4.79 Å². The van der Waals surface area contributed by atoms with Crippen LogP contribution in [0.1, 0.15) is 42.1 Å². The Kier molecular flexibility index (Phi) is 5.38. The molecule has 1 aliphatic rings. The molecular formula is C17H21NO3. The van der Waals surface area contributed by atoms with Crippen LogP contribution in [0.2, 0.25) is 0 Å². The fourth-order valence-electron chi connectivity index (χ4n) is 2.38. The zero-order chi connectivity index (χ0) is 15.1. The summed E-state index contributed by atoms with van der Waals surface area (Å²) in [5.41, 5.74) is 0.930. The Morgan fingerprint density at radius 3 is 3.00 bits per heavy atom. The Hall–Kier alpha value is -1.83.